The van der Waals surface area contributed by atoms with Gasteiger partial charge in [0.2, 0.25) is 0 Å². The Bertz CT molecular complexity index is 661. The first-order valence-electron chi connectivity index (χ1n) is 6.23. The van der Waals surface area contributed by atoms with Crippen molar-refractivity contribution in [3.05, 3.63) is 59.7 Å². The number of thioether (sulfide) groups is 1. The van der Waals surface area contributed by atoms with Crippen molar-refractivity contribution in [2.45, 2.75) is 16.7 Å². The zero-order valence-electron chi connectivity index (χ0n) is 10.8. The summed E-state index contributed by atoms with van der Waals surface area (Å²) in [5, 5.41) is 6.18. The average Bonchev–Trinajstić information content (AvgIpc) is 2.90. The highest BCUT2D eigenvalue weighted by atomic mass is 32.2. The molecule has 3 aromatic rings. The van der Waals surface area contributed by atoms with Crippen LogP contribution in [0.1, 0.15) is 11.1 Å². The van der Waals surface area contributed by atoms with Crippen LogP contribution in [0.2, 0.25) is 0 Å². The van der Waals surface area contributed by atoms with E-state index in [2.05, 4.69) is 29.2 Å². The molecule has 0 amide bonds. The second kappa shape index (κ2) is 6.35. The van der Waals surface area contributed by atoms with Gasteiger partial charge in [-0.3, -0.25) is 5.14 Å². The second-order valence-electron chi connectivity index (χ2n) is 4.36. The first-order valence-corrected chi connectivity index (χ1v) is 8.26. The Morgan fingerprint density at radius 1 is 0.950 bits per heavy atom. The lowest BCUT2D eigenvalue weighted by Gasteiger charge is -2.01. The molecular weight excluding hydrogens is 288 g/mol. The van der Waals surface area contributed by atoms with Gasteiger partial charge in [0.05, 0.1) is 0 Å². The highest BCUT2D eigenvalue weighted by Crippen LogP contribution is 2.26. The largest absolute Gasteiger partial charge is 0.431 e. The van der Waals surface area contributed by atoms with Crippen LogP contribution in [0.5, 0.6) is 0 Å². The zero-order chi connectivity index (χ0) is 13.8. The monoisotopic (exact) mass is 302 g/mol. The summed E-state index contributed by atoms with van der Waals surface area (Å²) >= 11 is 2.95. The van der Waals surface area contributed by atoms with Gasteiger partial charge in [0.1, 0.15) is 5.52 Å². The minimum absolute atomic E-state index is 0.716. The third-order valence-electron chi connectivity index (χ3n) is 2.91. The van der Waals surface area contributed by atoms with Gasteiger partial charge in [-0.1, -0.05) is 60.1 Å². The van der Waals surface area contributed by atoms with E-state index in [0.717, 1.165) is 22.6 Å². The van der Waals surface area contributed by atoms with Gasteiger partial charge in [0.25, 0.3) is 5.22 Å². The third-order valence-corrected chi connectivity index (χ3v) is 4.31. The summed E-state index contributed by atoms with van der Waals surface area (Å²) in [4.78, 5) is 4.45. The molecule has 2 aromatic carbocycles. The van der Waals surface area contributed by atoms with Crippen molar-refractivity contribution in [2.75, 3.05) is 0 Å². The molecule has 0 saturated heterocycles. The third kappa shape index (κ3) is 3.17. The highest BCUT2D eigenvalue weighted by molar-refractivity contribution is 7.98. The molecule has 0 aliphatic carbocycles. The Labute approximate surface area is 126 Å². The molecule has 0 radical (unpaired) electrons. The number of hydrogen-bond acceptors (Lipinski definition) is 5. The molecule has 0 spiro atoms. The fourth-order valence-corrected chi connectivity index (χ4v) is 3.06. The van der Waals surface area contributed by atoms with E-state index in [9.17, 15) is 0 Å². The van der Waals surface area contributed by atoms with Crippen molar-refractivity contribution in [1.29, 1.82) is 0 Å². The molecule has 20 heavy (non-hydrogen) atoms. The zero-order valence-corrected chi connectivity index (χ0v) is 12.4. The molecule has 0 aliphatic heterocycles. The molecule has 0 aliphatic rings. The van der Waals surface area contributed by atoms with Gasteiger partial charge in [0.15, 0.2) is 5.58 Å². The van der Waals surface area contributed by atoms with E-state index in [4.69, 9.17) is 9.56 Å². The van der Waals surface area contributed by atoms with Crippen LogP contribution in [0.25, 0.3) is 11.1 Å². The van der Waals surface area contributed by atoms with Crippen LogP contribution in [0, 0.1) is 0 Å². The number of nitrogens with zero attached hydrogens (tertiary/aromatic N) is 1. The minimum atomic E-state index is 0.716. The maximum atomic E-state index is 5.68. The lowest BCUT2D eigenvalue weighted by atomic mass is 10.2. The molecule has 3 rings (SSSR count). The van der Waals surface area contributed by atoms with Crippen LogP contribution in [0.15, 0.2) is 58.2 Å². The maximum Gasteiger partial charge on any atom is 0.257 e. The van der Waals surface area contributed by atoms with Crippen LogP contribution >= 0.6 is 23.7 Å². The van der Waals surface area contributed by atoms with E-state index in [0.29, 0.717) is 5.22 Å². The fourth-order valence-electron chi connectivity index (χ4n) is 1.89. The Morgan fingerprint density at radius 2 is 1.65 bits per heavy atom. The normalized spacial score (nSPS) is 11.1. The lowest BCUT2D eigenvalue weighted by molar-refractivity contribution is 0.489. The van der Waals surface area contributed by atoms with Gasteiger partial charge in [0, 0.05) is 11.5 Å². The van der Waals surface area contributed by atoms with Gasteiger partial charge < -0.3 is 4.42 Å². The summed E-state index contributed by atoms with van der Waals surface area (Å²) in [5.41, 5.74) is 4.24. The molecule has 0 fully saturated rings. The van der Waals surface area contributed by atoms with Crippen LogP contribution in [0.4, 0.5) is 0 Å². The topological polar surface area (TPSA) is 52.0 Å². The summed E-state index contributed by atoms with van der Waals surface area (Å²) in [7, 11) is 0. The first-order chi connectivity index (χ1) is 9.85. The standard InChI is InChI=1S/C15H14N2OS2/c16-20-10-12-7-5-11(6-8-12)9-19-15-17-13-3-1-2-4-14(13)18-15/h1-8H,9-10,16H2. The Kier molecular flexibility index (Phi) is 4.30. The van der Waals surface area contributed by atoms with E-state index in [1.54, 1.807) is 11.8 Å². The molecule has 102 valence electrons. The van der Waals surface area contributed by atoms with Crippen molar-refractivity contribution in [2.24, 2.45) is 5.14 Å². The average molecular weight is 302 g/mol. The molecule has 1 heterocycles. The fraction of sp³-hybridized carbons (Fsp3) is 0.133. The van der Waals surface area contributed by atoms with Crippen LogP contribution in [-0.4, -0.2) is 4.98 Å². The van der Waals surface area contributed by atoms with Crippen molar-refractivity contribution in [3.8, 4) is 0 Å². The van der Waals surface area contributed by atoms with Crippen molar-refractivity contribution < 1.29 is 4.42 Å². The minimum Gasteiger partial charge on any atom is -0.431 e. The summed E-state index contributed by atoms with van der Waals surface area (Å²) in [6, 6.07) is 16.3. The summed E-state index contributed by atoms with van der Waals surface area (Å²) < 4.78 is 5.68. The molecule has 1 aromatic heterocycles. The number of rotatable bonds is 5. The molecule has 3 nitrogen and oxygen atoms in total. The number of hydrogen-bond donors (Lipinski definition) is 1. The molecule has 0 unspecified atom stereocenters. The van der Waals surface area contributed by atoms with Crippen LogP contribution < -0.4 is 5.14 Å². The quantitative estimate of drug-likeness (QED) is 0.564. The number of oxazole rings is 1. The smallest absolute Gasteiger partial charge is 0.257 e. The Hall–Kier alpha value is -1.43. The number of nitrogens with two attached hydrogens (primary N) is 1. The first kappa shape index (κ1) is 13.5. The van der Waals surface area contributed by atoms with Gasteiger partial charge >= 0.3 is 0 Å². The number of benzene rings is 2. The van der Waals surface area contributed by atoms with E-state index in [1.807, 2.05) is 24.3 Å². The Balaban J connectivity index is 1.66. The Morgan fingerprint density at radius 3 is 2.35 bits per heavy atom. The maximum absolute atomic E-state index is 5.68. The number of aromatic nitrogens is 1. The van der Waals surface area contributed by atoms with Gasteiger partial charge in [-0.25, -0.2) is 4.98 Å². The van der Waals surface area contributed by atoms with E-state index >= 15 is 0 Å². The SMILES string of the molecule is NSCc1ccc(CSc2nc3ccccc3o2)cc1. The van der Waals surface area contributed by atoms with E-state index < -0.39 is 0 Å². The summed E-state index contributed by atoms with van der Waals surface area (Å²) in [6.07, 6.45) is 0. The highest BCUT2D eigenvalue weighted by Gasteiger charge is 2.05. The lowest BCUT2D eigenvalue weighted by Crippen LogP contribution is -1.86. The van der Waals surface area contributed by atoms with Gasteiger partial charge in [-0.15, -0.1) is 0 Å². The van der Waals surface area contributed by atoms with E-state index in [1.165, 1.54) is 23.1 Å². The van der Waals surface area contributed by atoms with Crippen LogP contribution in [-0.2, 0) is 11.5 Å². The van der Waals surface area contributed by atoms with Gasteiger partial charge in [-0.2, -0.15) is 0 Å². The van der Waals surface area contributed by atoms with E-state index in [-0.39, 0.29) is 0 Å². The molecular formula is C15H14N2OS2. The van der Waals surface area contributed by atoms with Crippen molar-refractivity contribution >= 4 is 34.8 Å². The number of fused-ring (bicyclic) bond motifs is 1. The molecule has 0 atom stereocenters. The predicted molar refractivity (Wildman–Crippen MR) is 85.5 cm³/mol. The molecule has 0 bridgehead atoms. The number of para-hydroxylation sites is 2. The van der Waals surface area contributed by atoms with Gasteiger partial charge in [-0.05, 0) is 23.3 Å². The predicted octanol–water partition coefficient (Wildman–Crippen LogP) is 4.23. The van der Waals surface area contributed by atoms with Crippen molar-refractivity contribution in [3.63, 3.8) is 0 Å². The molecule has 0 saturated carbocycles. The summed E-state index contributed by atoms with van der Waals surface area (Å²) in [5.74, 6) is 1.70. The molecule has 2 N–H and O–H groups in total. The molecule has 5 heteroatoms. The van der Waals surface area contributed by atoms with Crippen LogP contribution in [0.3, 0.4) is 0 Å². The van der Waals surface area contributed by atoms with Crippen molar-refractivity contribution in [1.82, 2.24) is 4.98 Å². The summed E-state index contributed by atoms with van der Waals surface area (Å²) in [6.45, 7) is 0. The second-order valence-corrected chi connectivity index (χ2v) is 5.91.